The molecular weight excluding hydrogens is 388 g/mol. The maximum absolute atomic E-state index is 13.1. The van der Waals surface area contributed by atoms with Crippen LogP contribution in [0.4, 0.5) is 11.4 Å². The molecule has 0 fully saturated rings. The first kappa shape index (κ1) is 22.7. The molecule has 7 heteroatoms. The Hall–Kier alpha value is -2.54. The molecule has 2 N–H and O–H groups in total. The summed E-state index contributed by atoms with van der Waals surface area (Å²) in [6.45, 7) is 8.18. The van der Waals surface area contributed by atoms with E-state index >= 15 is 0 Å². The molecule has 0 spiro atoms. The van der Waals surface area contributed by atoms with Crippen molar-refractivity contribution in [1.82, 2.24) is 0 Å². The first-order valence-corrected chi connectivity index (χ1v) is 11.4. The molecule has 0 atom stereocenters. The average Bonchev–Trinajstić information content (AvgIpc) is 2.66. The highest BCUT2D eigenvalue weighted by molar-refractivity contribution is 7.92. The molecule has 2 rings (SSSR count). The zero-order valence-corrected chi connectivity index (χ0v) is 18.3. The summed E-state index contributed by atoms with van der Waals surface area (Å²) in [6, 6.07) is 11.6. The number of carbonyl (C=O) groups excluding carboxylic acids is 1. The van der Waals surface area contributed by atoms with E-state index in [0.717, 1.165) is 24.8 Å². The maximum atomic E-state index is 13.1. The lowest BCUT2D eigenvalue weighted by Gasteiger charge is -2.16. The van der Waals surface area contributed by atoms with E-state index in [2.05, 4.69) is 17.0 Å². The average molecular weight is 419 g/mol. The summed E-state index contributed by atoms with van der Waals surface area (Å²) in [5.41, 5.74) is 2.15. The topological polar surface area (TPSA) is 84.5 Å². The Labute approximate surface area is 173 Å². The summed E-state index contributed by atoms with van der Waals surface area (Å²) in [5.74, 6) is -0.552. The van der Waals surface area contributed by atoms with E-state index < -0.39 is 16.0 Å². The van der Waals surface area contributed by atoms with Gasteiger partial charge in [-0.1, -0.05) is 37.5 Å². The Balaban J connectivity index is 2.36. The molecule has 0 unspecified atom stereocenters. The van der Waals surface area contributed by atoms with Gasteiger partial charge in [-0.15, -0.1) is 0 Å². The van der Waals surface area contributed by atoms with Gasteiger partial charge in [0.1, 0.15) is 4.90 Å². The monoisotopic (exact) mass is 418 g/mol. The normalized spacial score (nSPS) is 11.3. The van der Waals surface area contributed by atoms with Crippen molar-refractivity contribution < 1.29 is 17.9 Å². The second-order valence-electron chi connectivity index (χ2n) is 7.27. The molecule has 0 aromatic heterocycles. The third kappa shape index (κ3) is 6.78. The molecule has 0 saturated carbocycles. The number of unbranched alkanes of at least 4 members (excludes halogenated alkanes) is 2. The third-order valence-corrected chi connectivity index (χ3v) is 5.67. The number of hydrogen-bond donors (Lipinski definition) is 2. The Kier molecular flexibility index (Phi) is 8.08. The van der Waals surface area contributed by atoms with Gasteiger partial charge in [-0.05, 0) is 57.5 Å². The van der Waals surface area contributed by atoms with E-state index in [-0.39, 0.29) is 16.6 Å². The zero-order valence-electron chi connectivity index (χ0n) is 17.5. The van der Waals surface area contributed by atoms with Crippen molar-refractivity contribution in [2.24, 2.45) is 0 Å². The van der Waals surface area contributed by atoms with Crippen molar-refractivity contribution in [3.8, 4) is 0 Å². The third-order valence-electron chi connectivity index (χ3n) is 4.25. The van der Waals surface area contributed by atoms with Gasteiger partial charge in [0.2, 0.25) is 0 Å². The quantitative estimate of drug-likeness (QED) is 0.421. The number of ether oxygens (including phenoxy) is 1. The number of carbonyl (C=O) groups is 1. The highest BCUT2D eigenvalue weighted by Crippen LogP contribution is 2.26. The Morgan fingerprint density at radius 1 is 1.07 bits per heavy atom. The second-order valence-corrected chi connectivity index (χ2v) is 8.92. The largest absolute Gasteiger partial charge is 0.459 e. The van der Waals surface area contributed by atoms with E-state index in [0.29, 0.717) is 17.9 Å². The van der Waals surface area contributed by atoms with Crippen LogP contribution in [0.3, 0.4) is 0 Å². The summed E-state index contributed by atoms with van der Waals surface area (Å²) in [5, 5.41) is 3.18. The summed E-state index contributed by atoms with van der Waals surface area (Å²) in [4.78, 5) is 12.3. The highest BCUT2D eigenvalue weighted by atomic mass is 32.2. The first-order chi connectivity index (χ1) is 13.7. The maximum Gasteiger partial charge on any atom is 0.338 e. The Morgan fingerprint density at radius 3 is 2.38 bits per heavy atom. The second kappa shape index (κ2) is 10.3. The van der Waals surface area contributed by atoms with Crippen LogP contribution >= 0.6 is 0 Å². The minimum absolute atomic E-state index is 0.0211. The van der Waals surface area contributed by atoms with Gasteiger partial charge >= 0.3 is 5.97 Å². The van der Waals surface area contributed by atoms with Gasteiger partial charge in [0.15, 0.2) is 0 Å². The minimum atomic E-state index is -3.90. The standard InChI is InChI=1S/C22H30N2O4S/c1-5-6-7-14-23-20-13-10-18(22(25)28-16(2)3)15-21(20)29(26,27)24-19-11-8-17(4)9-12-19/h8-13,15-16,23-24H,5-7,14H2,1-4H3. The molecule has 0 saturated heterocycles. The smallest absolute Gasteiger partial charge is 0.338 e. The van der Waals surface area contributed by atoms with Crippen molar-refractivity contribution in [2.75, 3.05) is 16.6 Å². The van der Waals surface area contributed by atoms with Crippen LogP contribution in [0.2, 0.25) is 0 Å². The molecule has 29 heavy (non-hydrogen) atoms. The summed E-state index contributed by atoms with van der Waals surface area (Å²) in [7, 11) is -3.90. The first-order valence-electron chi connectivity index (χ1n) is 9.91. The van der Waals surface area contributed by atoms with Crippen molar-refractivity contribution in [2.45, 2.75) is 58.0 Å². The number of rotatable bonds is 10. The van der Waals surface area contributed by atoms with E-state index in [1.54, 1.807) is 38.1 Å². The van der Waals surface area contributed by atoms with E-state index in [9.17, 15) is 13.2 Å². The van der Waals surface area contributed by atoms with Crippen LogP contribution in [0.1, 0.15) is 56.0 Å². The molecule has 0 heterocycles. The summed E-state index contributed by atoms with van der Waals surface area (Å²) >= 11 is 0. The van der Waals surface area contributed by atoms with E-state index in [4.69, 9.17) is 4.74 Å². The van der Waals surface area contributed by atoms with Crippen LogP contribution in [0.15, 0.2) is 47.4 Å². The van der Waals surface area contributed by atoms with Crippen LogP contribution in [-0.4, -0.2) is 27.0 Å². The van der Waals surface area contributed by atoms with Crippen LogP contribution < -0.4 is 10.0 Å². The van der Waals surface area contributed by atoms with Gasteiger partial charge in [0, 0.05) is 12.2 Å². The number of aryl methyl sites for hydroxylation is 1. The SMILES string of the molecule is CCCCCNc1ccc(C(=O)OC(C)C)cc1S(=O)(=O)Nc1ccc(C)cc1. The predicted octanol–water partition coefficient (Wildman–Crippen LogP) is 4.96. The van der Waals surface area contributed by atoms with Gasteiger partial charge in [-0.3, -0.25) is 4.72 Å². The molecular formula is C22H30N2O4S. The van der Waals surface area contributed by atoms with Gasteiger partial charge in [0.05, 0.1) is 17.4 Å². The fraction of sp³-hybridized carbons (Fsp3) is 0.409. The Morgan fingerprint density at radius 2 is 1.76 bits per heavy atom. The molecule has 0 bridgehead atoms. The lowest BCUT2D eigenvalue weighted by molar-refractivity contribution is 0.0377. The van der Waals surface area contributed by atoms with Crippen molar-refractivity contribution >= 4 is 27.4 Å². The minimum Gasteiger partial charge on any atom is -0.459 e. The molecule has 158 valence electrons. The fourth-order valence-corrected chi connectivity index (χ4v) is 4.00. The van der Waals surface area contributed by atoms with Gasteiger partial charge in [0.25, 0.3) is 10.0 Å². The molecule has 0 radical (unpaired) electrons. The summed E-state index contributed by atoms with van der Waals surface area (Å²) < 4.78 is 34.0. The predicted molar refractivity (Wildman–Crippen MR) is 117 cm³/mol. The molecule has 0 aliphatic rings. The number of esters is 1. The molecule has 2 aromatic rings. The van der Waals surface area contributed by atoms with Crippen LogP contribution in [0.5, 0.6) is 0 Å². The zero-order chi connectivity index (χ0) is 21.4. The Bertz CT molecular complexity index is 922. The molecule has 6 nitrogen and oxygen atoms in total. The molecule has 2 aromatic carbocycles. The van der Waals surface area contributed by atoms with Crippen LogP contribution in [0, 0.1) is 6.92 Å². The highest BCUT2D eigenvalue weighted by Gasteiger charge is 2.22. The van der Waals surface area contributed by atoms with E-state index in [1.807, 2.05) is 19.1 Å². The summed E-state index contributed by atoms with van der Waals surface area (Å²) in [6.07, 6.45) is 2.76. The molecule has 0 aliphatic heterocycles. The van der Waals surface area contributed by atoms with Crippen LogP contribution in [0.25, 0.3) is 0 Å². The number of anilines is 2. The van der Waals surface area contributed by atoms with Gasteiger partial charge in [-0.2, -0.15) is 0 Å². The fourth-order valence-electron chi connectivity index (χ4n) is 2.73. The van der Waals surface area contributed by atoms with Crippen molar-refractivity contribution in [3.05, 3.63) is 53.6 Å². The van der Waals surface area contributed by atoms with Gasteiger partial charge < -0.3 is 10.1 Å². The van der Waals surface area contributed by atoms with Gasteiger partial charge in [-0.25, -0.2) is 13.2 Å². The lowest BCUT2D eigenvalue weighted by atomic mass is 10.2. The molecule has 0 amide bonds. The number of sulfonamides is 1. The van der Waals surface area contributed by atoms with Crippen molar-refractivity contribution in [3.63, 3.8) is 0 Å². The molecule has 0 aliphatic carbocycles. The number of nitrogens with one attached hydrogen (secondary N) is 2. The lowest BCUT2D eigenvalue weighted by Crippen LogP contribution is -2.18. The number of hydrogen-bond acceptors (Lipinski definition) is 5. The van der Waals surface area contributed by atoms with Crippen molar-refractivity contribution in [1.29, 1.82) is 0 Å². The number of benzene rings is 2. The van der Waals surface area contributed by atoms with E-state index in [1.165, 1.54) is 6.07 Å². The van der Waals surface area contributed by atoms with Crippen LogP contribution in [-0.2, 0) is 14.8 Å².